The molecule has 0 aliphatic rings. The summed E-state index contributed by atoms with van der Waals surface area (Å²) in [5, 5.41) is 0. The van der Waals surface area contributed by atoms with E-state index >= 15 is 0 Å². The van der Waals surface area contributed by atoms with Crippen molar-refractivity contribution in [1.29, 1.82) is 0 Å². The molecule has 0 aromatic rings. The lowest BCUT2D eigenvalue weighted by Crippen LogP contribution is -2.27. The Hall–Kier alpha value is -0.143. The number of rotatable bonds is 28. The van der Waals surface area contributed by atoms with Crippen molar-refractivity contribution < 1.29 is 42.3 Å². The van der Waals surface area contributed by atoms with E-state index in [4.69, 9.17) is 42.3 Å². The van der Waals surface area contributed by atoms with E-state index in [-0.39, 0.29) is 0 Å². The smallest absolute Gasteiger partial charge is 0.183 e. The largest absolute Gasteiger partial charge is 0.415 e. The van der Waals surface area contributed by atoms with Gasteiger partial charge in [-0.1, -0.05) is 13.8 Å². The molecule has 0 saturated carbocycles. The lowest BCUT2D eigenvalue weighted by molar-refractivity contribution is -0.0238. The van der Waals surface area contributed by atoms with Gasteiger partial charge in [0.25, 0.3) is 0 Å². The topological polar surface area (TPSA) is 83.1 Å². The van der Waals surface area contributed by atoms with Gasteiger partial charge in [-0.2, -0.15) is 0 Å². The average Bonchev–Trinajstić information content (AvgIpc) is 2.77. The predicted octanol–water partition coefficient (Wildman–Crippen LogP) is 3.02. The summed E-state index contributed by atoms with van der Waals surface area (Å²) in [5.41, 5.74) is 0. The molecule has 0 spiro atoms. The maximum Gasteiger partial charge on any atom is 0.183 e. The molecular formula is C24H52O9Si. The summed E-state index contributed by atoms with van der Waals surface area (Å²) >= 11 is 0. The van der Waals surface area contributed by atoms with Gasteiger partial charge in [0, 0.05) is 6.61 Å². The normalized spacial score (nSPS) is 12.2. The van der Waals surface area contributed by atoms with Gasteiger partial charge in [-0.25, -0.2) is 0 Å². The van der Waals surface area contributed by atoms with Gasteiger partial charge >= 0.3 is 0 Å². The zero-order valence-electron chi connectivity index (χ0n) is 22.5. The molecule has 34 heavy (non-hydrogen) atoms. The lowest BCUT2D eigenvalue weighted by atomic mass is 10.1. The van der Waals surface area contributed by atoms with Crippen LogP contribution in [0.5, 0.6) is 0 Å². The van der Waals surface area contributed by atoms with Crippen LogP contribution in [0.25, 0.3) is 0 Å². The SMILES string of the molecule is CC(C)CCOCCOCCOCCOCCOCCOCCOCCOCCO[Si](C)(C)C. The van der Waals surface area contributed by atoms with Gasteiger partial charge in [0.1, 0.15) is 0 Å². The molecule has 0 fully saturated rings. The minimum Gasteiger partial charge on any atom is -0.415 e. The highest BCUT2D eigenvalue weighted by atomic mass is 28.4. The molecular weight excluding hydrogens is 460 g/mol. The fourth-order valence-electron chi connectivity index (χ4n) is 2.37. The fourth-order valence-corrected chi connectivity index (χ4v) is 3.06. The Morgan fingerprint density at radius 1 is 0.382 bits per heavy atom. The molecule has 0 bridgehead atoms. The number of hydrogen-bond donors (Lipinski definition) is 0. The molecule has 0 amide bonds. The van der Waals surface area contributed by atoms with Crippen LogP contribution in [-0.4, -0.2) is 121 Å². The van der Waals surface area contributed by atoms with E-state index < -0.39 is 8.32 Å². The maximum absolute atomic E-state index is 5.71. The third-order valence-corrected chi connectivity index (χ3v) is 5.28. The van der Waals surface area contributed by atoms with Gasteiger partial charge < -0.3 is 42.3 Å². The molecule has 0 aliphatic carbocycles. The van der Waals surface area contributed by atoms with Crippen LogP contribution in [0, 0.1) is 5.92 Å². The van der Waals surface area contributed by atoms with Crippen molar-refractivity contribution in [3.8, 4) is 0 Å². The third kappa shape index (κ3) is 31.9. The first-order valence-electron chi connectivity index (χ1n) is 12.7. The molecule has 0 aromatic heterocycles. The zero-order chi connectivity index (χ0) is 25.2. The van der Waals surface area contributed by atoms with Gasteiger partial charge in [-0.15, -0.1) is 0 Å². The van der Waals surface area contributed by atoms with Gasteiger partial charge in [0.15, 0.2) is 8.32 Å². The van der Waals surface area contributed by atoms with Crippen molar-refractivity contribution in [2.45, 2.75) is 39.9 Å². The Kier molecular flexibility index (Phi) is 25.8. The van der Waals surface area contributed by atoms with Crippen molar-refractivity contribution in [2.24, 2.45) is 5.92 Å². The molecule has 0 heterocycles. The second-order valence-electron chi connectivity index (χ2n) is 9.04. The van der Waals surface area contributed by atoms with Crippen LogP contribution in [0.4, 0.5) is 0 Å². The molecule has 0 radical (unpaired) electrons. The maximum atomic E-state index is 5.71. The number of ether oxygens (including phenoxy) is 8. The molecule has 9 nitrogen and oxygen atoms in total. The zero-order valence-corrected chi connectivity index (χ0v) is 23.5. The first kappa shape index (κ1) is 33.9. The molecule has 206 valence electrons. The van der Waals surface area contributed by atoms with Crippen LogP contribution in [0.15, 0.2) is 0 Å². The highest BCUT2D eigenvalue weighted by Gasteiger charge is 2.13. The van der Waals surface area contributed by atoms with Crippen LogP contribution < -0.4 is 0 Å². The fraction of sp³-hybridized carbons (Fsp3) is 1.00. The van der Waals surface area contributed by atoms with Crippen molar-refractivity contribution in [3.63, 3.8) is 0 Å². The molecule has 0 saturated heterocycles. The van der Waals surface area contributed by atoms with E-state index in [1.165, 1.54) is 0 Å². The second kappa shape index (κ2) is 25.9. The van der Waals surface area contributed by atoms with E-state index in [1.807, 2.05) is 0 Å². The molecule has 0 aliphatic heterocycles. The van der Waals surface area contributed by atoms with Crippen LogP contribution in [0.3, 0.4) is 0 Å². The minimum absolute atomic E-state index is 0.540. The molecule has 0 rings (SSSR count). The van der Waals surface area contributed by atoms with Crippen molar-refractivity contribution >= 4 is 8.32 Å². The van der Waals surface area contributed by atoms with E-state index in [0.717, 1.165) is 13.0 Å². The first-order valence-corrected chi connectivity index (χ1v) is 16.1. The van der Waals surface area contributed by atoms with Crippen LogP contribution >= 0.6 is 0 Å². The molecule has 0 unspecified atom stereocenters. The predicted molar refractivity (Wildman–Crippen MR) is 135 cm³/mol. The van der Waals surface area contributed by atoms with Gasteiger partial charge in [0.05, 0.1) is 106 Å². The number of hydrogen-bond acceptors (Lipinski definition) is 9. The highest BCUT2D eigenvalue weighted by Crippen LogP contribution is 2.01. The summed E-state index contributed by atoms with van der Waals surface area (Å²) in [6.45, 7) is 20.8. The van der Waals surface area contributed by atoms with Gasteiger partial charge in [-0.05, 0) is 32.0 Å². The van der Waals surface area contributed by atoms with E-state index in [2.05, 4.69) is 33.5 Å². The Bertz CT molecular complexity index is 395. The Morgan fingerprint density at radius 2 is 0.618 bits per heavy atom. The monoisotopic (exact) mass is 512 g/mol. The molecule has 0 N–H and O–H groups in total. The third-order valence-electron chi connectivity index (χ3n) is 4.21. The summed E-state index contributed by atoms with van der Waals surface area (Å²) in [5.74, 6) is 0.676. The van der Waals surface area contributed by atoms with Crippen LogP contribution in [0.2, 0.25) is 19.6 Å². The Labute approximate surface area is 209 Å². The summed E-state index contributed by atoms with van der Waals surface area (Å²) in [6.07, 6.45) is 1.09. The Morgan fingerprint density at radius 3 is 0.853 bits per heavy atom. The van der Waals surface area contributed by atoms with E-state index in [1.54, 1.807) is 0 Å². The van der Waals surface area contributed by atoms with Crippen molar-refractivity contribution in [3.05, 3.63) is 0 Å². The average molecular weight is 513 g/mol. The first-order chi connectivity index (χ1) is 16.4. The van der Waals surface area contributed by atoms with Crippen molar-refractivity contribution in [2.75, 3.05) is 112 Å². The summed E-state index contributed by atoms with van der Waals surface area (Å²) in [7, 11) is -1.44. The molecule has 10 heteroatoms. The lowest BCUT2D eigenvalue weighted by Gasteiger charge is -2.16. The standard InChI is InChI=1S/C24H52O9Si/c1-24(2)6-7-25-8-9-26-10-11-27-12-13-28-14-15-29-16-17-30-18-19-31-20-21-32-22-23-33-34(3,4)5/h24H,6-23H2,1-5H3. The second-order valence-corrected chi connectivity index (χ2v) is 13.6. The Balaban J connectivity index is 3.04. The quantitative estimate of drug-likeness (QED) is 0.116. The van der Waals surface area contributed by atoms with Crippen LogP contribution in [0.1, 0.15) is 20.3 Å². The molecule has 0 aromatic carbocycles. The summed E-state index contributed by atoms with van der Waals surface area (Å²) in [6, 6.07) is 0. The van der Waals surface area contributed by atoms with Gasteiger partial charge in [-0.3, -0.25) is 0 Å². The summed E-state index contributed by atoms with van der Waals surface area (Å²) < 4.78 is 49.4. The minimum atomic E-state index is -1.44. The van der Waals surface area contributed by atoms with Gasteiger partial charge in [0.2, 0.25) is 0 Å². The summed E-state index contributed by atoms with van der Waals surface area (Å²) in [4.78, 5) is 0. The van der Waals surface area contributed by atoms with E-state index in [0.29, 0.717) is 112 Å². The van der Waals surface area contributed by atoms with Crippen molar-refractivity contribution in [1.82, 2.24) is 0 Å². The van der Waals surface area contributed by atoms with E-state index in [9.17, 15) is 0 Å². The van der Waals surface area contributed by atoms with Crippen LogP contribution in [-0.2, 0) is 42.3 Å². The molecule has 0 atom stereocenters. The highest BCUT2D eigenvalue weighted by molar-refractivity contribution is 6.69.